The largest absolute Gasteiger partial charge is 0.434 e. The molecular formula is C16H17Cl2F3N4O. The Balaban J connectivity index is 0.00000243. The molecule has 26 heavy (non-hydrogen) atoms. The van der Waals surface area contributed by atoms with Crippen LogP contribution in [-0.2, 0) is 6.18 Å². The van der Waals surface area contributed by atoms with E-state index in [2.05, 4.69) is 10.4 Å². The molecular weight excluding hydrogens is 392 g/mol. The topological polar surface area (TPSA) is 50.2 Å². The smallest absolute Gasteiger partial charge is 0.336 e. The van der Waals surface area contributed by atoms with Gasteiger partial charge in [-0.1, -0.05) is 11.6 Å². The maximum absolute atomic E-state index is 13.6. The second kappa shape index (κ2) is 7.85. The van der Waals surface area contributed by atoms with E-state index in [1.807, 2.05) is 6.92 Å². The number of rotatable bonds is 2. The van der Waals surface area contributed by atoms with Crippen LogP contribution in [0.2, 0.25) is 5.02 Å². The minimum Gasteiger partial charge on any atom is -0.336 e. The van der Waals surface area contributed by atoms with E-state index in [9.17, 15) is 18.0 Å². The number of alkyl halides is 3. The molecule has 0 bridgehead atoms. The molecule has 3 rings (SSSR count). The number of nitrogens with one attached hydrogen (secondary N) is 1. The van der Waals surface area contributed by atoms with Gasteiger partial charge in [0.15, 0.2) is 5.69 Å². The fraction of sp³-hybridized carbons (Fsp3) is 0.375. The van der Waals surface area contributed by atoms with Crippen LogP contribution in [0.25, 0.3) is 5.69 Å². The zero-order valence-electron chi connectivity index (χ0n) is 13.8. The molecule has 1 unspecified atom stereocenters. The molecule has 1 aromatic heterocycles. The van der Waals surface area contributed by atoms with Crippen molar-refractivity contribution in [3.63, 3.8) is 0 Å². The average Bonchev–Trinajstić information content (AvgIpc) is 3.00. The molecule has 2 heterocycles. The van der Waals surface area contributed by atoms with Crippen LogP contribution in [0.5, 0.6) is 0 Å². The molecule has 1 fully saturated rings. The number of halogens is 5. The summed E-state index contributed by atoms with van der Waals surface area (Å²) in [4.78, 5) is 14.1. The third-order valence-electron chi connectivity index (χ3n) is 4.00. The molecule has 0 aliphatic carbocycles. The first-order valence-electron chi connectivity index (χ1n) is 7.71. The van der Waals surface area contributed by atoms with Gasteiger partial charge in [0.1, 0.15) is 0 Å². The van der Waals surface area contributed by atoms with Crippen molar-refractivity contribution in [3.05, 3.63) is 46.7 Å². The fourth-order valence-electron chi connectivity index (χ4n) is 2.84. The van der Waals surface area contributed by atoms with Gasteiger partial charge in [0.2, 0.25) is 0 Å². The first-order chi connectivity index (χ1) is 11.8. The van der Waals surface area contributed by atoms with Crippen LogP contribution in [0.3, 0.4) is 0 Å². The summed E-state index contributed by atoms with van der Waals surface area (Å²) in [6.07, 6.45) is -3.74. The van der Waals surface area contributed by atoms with E-state index >= 15 is 0 Å². The number of carbonyl (C=O) groups excluding carboxylic acids is 1. The number of nitrogens with zero attached hydrogens (tertiary/aromatic N) is 3. The van der Waals surface area contributed by atoms with Gasteiger partial charge in [-0.2, -0.15) is 18.3 Å². The van der Waals surface area contributed by atoms with Crippen molar-refractivity contribution in [1.29, 1.82) is 0 Å². The zero-order chi connectivity index (χ0) is 18.2. The van der Waals surface area contributed by atoms with Crippen molar-refractivity contribution in [3.8, 4) is 5.69 Å². The summed E-state index contributed by atoms with van der Waals surface area (Å²) in [5.74, 6) is -0.666. The Labute approximate surface area is 159 Å². The predicted molar refractivity (Wildman–Crippen MR) is 94.2 cm³/mol. The van der Waals surface area contributed by atoms with E-state index < -0.39 is 23.3 Å². The molecule has 1 atom stereocenters. The van der Waals surface area contributed by atoms with Crippen molar-refractivity contribution >= 4 is 29.9 Å². The van der Waals surface area contributed by atoms with Gasteiger partial charge in [0, 0.05) is 30.7 Å². The quantitative estimate of drug-likeness (QED) is 0.828. The van der Waals surface area contributed by atoms with E-state index in [1.54, 1.807) is 0 Å². The van der Waals surface area contributed by atoms with Crippen LogP contribution in [0, 0.1) is 0 Å². The molecule has 1 aliphatic heterocycles. The van der Waals surface area contributed by atoms with Gasteiger partial charge >= 0.3 is 6.18 Å². The molecule has 0 radical (unpaired) electrons. The minimum atomic E-state index is -4.72. The maximum Gasteiger partial charge on any atom is 0.434 e. The number of carbonyl (C=O) groups is 1. The van der Waals surface area contributed by atoms with Crippen LogP contribution in [0.15, 0.2) is 30.5 Å². The molecule has 1 saturated heterocycles. The first kappa shape index (κ1) is 20.5. The highest BCUT2D eigenvalue weighted by Crippen LogP contribution is 2.34. The third-order valence-corrected chi connectivity index (χ3v) is 4.25. The Kier molecular flexibility index (Phi) is 6.21. The summed E-state index contributed by atoms with van der Waals surface area (Å²) in [5, 5.41) is 7.36. The highest BCUT2D eigenvalue weighted by atomic mass is 35.5. The van der Waals surface area contributed by atoms with Crippen molar-refractivity contribution in [1.82, 2.24) is 20.0 Å². The monoisotopic (exact) mass is 408 g/mol. The van der Waals surface area contributed by atoms with Crippen LogP contribution >= 0.6 is 24.0 Å². The third kappa shape index (κ3) is 4.13. The number of amides is 1. The number of benzene rings is 1. The van der Waals surface area contributed by atoms with E-state index in [0.717, 1.165) is 10.9 Å². The van der Waals surface area contributed by atoms with E-state index in [0.29, 0.717) is 24.7 Å². The molecule has 2 aromatic rings. The lowest BCUT2D eigenvalue weighted by atomic mass is 10.1. The Hall–Kier alpha value is -1.77. The Morgan fingerprint density at radius 2 is 1.96 bits per heavy atom. The van der Waals surface area contributed by atoms with Gasteiger partial charge in [-0.3, -0.25) is 4.79 Å². The molecule has 0 spiro atoms. The number of piperazine rings is 1. The molecule has 5 nitrogen and oxygen atoms in total. The van der Waals surface area contributed by atoms with Crippen molar-refractivity contribution in [2.24, 2.45) is 0 Å². The van der Waals surface area contributed by atoms with Gasteiger partial charge in [-0.15, -0.1) is 12.4 Å². The molecule has 1 aromatic carbocycles. The van der Waals surface area contributed by atoms with E-state index in [-0.39, 0.29) is 24.1 Å². The zero-order valence-corrected chi connectivity index (χ0v) is 15.3. The predicted octanol–water partition coefficient (Wildman–Crippen LogP) is 3.40. The van der Waals surface area contributed by atoms with Crippen LogP contribution in [0.4, 0.5) is 13.2 Å². The van der Waals surface area contributed by atoms with Gasteiger partial charge in [0.05, 0.1) is 17.4 Å². The van der Waals surface area contributed by atoms with Crippen LogP contribution < -0.4 is 5.32 Å². The molecule has 142 valence electrons. The number of aromatic nitrogens is 2. The number of hydrogen-bond donors (Lipinski definition) is 1. The van der Waals surface area contributed by atoms with Crippen LogP contribution in [0.1, 0.15) is 23.0 Å². The minimum absolute atomic E-state index is 0. The lowest BCUT2D eigenvalue weighted by Gasteiger charge is -2.32. The van der Waals surface area contributed by atoms with Crippen molar-refractivity contribution in [2.45, 2.75) is 19.1 Å². The van der Waals surface area contributed by atoms with Gasteiger partial charge in [-0.05, 0) is 31.2 Å². The second-order valence-corrected chi connectivity index (χ2v) is 6.34. The highest BCUT2D eigenvalue weighted by molar-refractivity contribution is 6.30. The Morgan fingerprint density at radius 3 is 2.54 bits per heavy atom. The summed E-state index contributed by atoms with van der Waals surface area (Å²) >= 11 is 5.78. The summed E-state index contributed by atoms with van der Waals surface area (Å²) in [6, 6.07) is 5.81. The molecule has 1 aliphatic rings. The Bertz CT molecular complexity index is 777. The number of hydrogen-bond acceptors (Lipinski definition) is 3. The van der Waals surface area contributed by atoms with E-state index in [1.165, 1.54) is 29.2 Å². The summed E-state index contributed by atoms with van der Waals surface area (Å²) in [5.41, 5.74) is -1.34. The van der Waals surface area contributed by atoms with Crippen LogP contribution in [-0.4, -0.2) is 46.3 Å². The highest BCUT2D eigenvalue weighted by Gasteiger charge is 2.41. The summed E-state index contributed by atoms with van der Waals surface area (Å²) < 4.78 is 41.7. The summed E-state index contributed by atoms with van der Waals surface area (Å²) in [6.45, 7) is 3.12. The van der Waals surface area contributed by atoms with Gasteiger partial charge in [0.25, 0.3) is 5.91 Å². The van der Waals surface area contributed by atoms with Gasteiger partial charge < -0.3 is 10.2 Å². The lowest BCUT2D eigenvalue weighted by molar-refractivity contribution is -0.143. The van der Waals surface area contributed by atoms with Gasteiger partial charge in [-0.25, -0.2) is 4.68 Å². The first-order valence-corrected chi connectivity index (χ1v) is 8.09. The lowest BCUT2D eigenvalue weighted by Crippen LogP contribution is -2.51. The maximum atomic E-state index is 13.6. The second-order valence-electron chi connectivity index (χ2n) is 5.90. The molecule has 0 saturated carbocycles. The average molecular weight is 409 g/mol. The van der Waals surface area contributed by atoms with Crippen molar-refractivity contribution < 1.29 is 18.0 Å². The summed E-state index contributed by atoms with van der Waals surface area (Å²) in [7, 11) is 0. The Morgan fingerprint density at radius 1 is 1.31 bits per heavy atom. The molecule has 10 heteroatoms. The SMILES string of the molecule is CC1CN(C(=O)c2cnn(-c3ccc(Cl)cc3)c2C(F)(F)F)CCN1.Cl. The van der Waals surface area contributed by atoms with E-state index in [4.69, 9.17) is 11.6 Å². The standard InChI is InChI=1S/C16H16ClF3N4O.ClH/c1-10-9-23(7-6-21-10)15(25)13-8-22-24(14(13)16(18,19)20)12-4-2-11(17)3-5-12;/h2-5,8,10,21H,6-7,9H2,1H3;1H. The molecule has 1 amide bonds. The normalized spacial score (nSPS) is 17.7. The molecule has 1 N–H and O–H groups in total. The fourth-order valence-corrected chi connectivity index (χ4v) is 2.97. The van der Waals surface area contributed by atoms with Crippen molar-refractivity contribution in [2.75, 3.05) is 19.6 Å².